The van der Waals surface area contributed by atoms with Gasteiger partial charge in [0.25, 0.3) is 0 Å². The zero-order valence-corrected chi connectivity index (χ0v) is 16.3. The van der Waals surface area contributed by atoms with Crippen LogP contribution in [0.4, 0.5) is 5.95 Å². The molecule has 0 bridgehead atoms. The van der Waals surface area contributed by atoms with E-state index < -0.39 is 12.2 Å². The molecule has 0 radical (unpaired) electrons. The summed E-state index contributed by atoms with van der Waals surface area (Å²) >= 11 is 0. The monoisotopic (exact) mass is 400 g/mol. The Labute approximate surface area is 170 Å². The van der Waals surface area contributed by atoms with E-state index in [9.17, 15) is 10.2 Å². The molecule has 0 aromatic carbocycles. The Morgan fingerprint density at radius 1 is 1.00 bits per heavy atom. The average molecular weight is 400 g/mol. The molecular weight excluding hydrogens is 372 g/mol. The van der Waals surface area contributed by atoms with Crippen molar-refractivity contribution < 1.29 is 14.9 Å². The van der Waals surface area contributed by atoms with Gasteiger partial charge in [-0.15, -0.1) is 0 Å². The Hall–Kier alpha value is -2.17. The minimum Gasteiger partial charge on any atom is -0.394 e. The van der Waals surface area contributed by atoms with Crippen LogP contribution in [0, 0.1) is 0 Å². The Bertz CT molecular complexity index is 744. The van der Waals surface area contributed by atoms with Crippen molar-refractivity contribution in [2.24, 2.45) is 0 Å². The lowest BCUT2D eigenvalue weighted by molar-refractivity contribution is -0.0213. The van der Waals surface area contributed by atoms with Crippen LogP contribution in [0.1, 0.15) is 5.69 Å². The van der Waals surface area contributed by atoms with Crippen molar-refractivity contribution in [2.75, 3.05) is 44.2 Å². The fourth-order valence-corrected chi connectivity index (χ4v) is 4.12. The minimum atomic E-state index is -0.721. The van der Waals surface area contributed by atoms with Crippen LogP contribution in [0.25, 0.3) is 0 Å². The topological polar surface area (TPSA) is 107 Å². The zero-order chi connectivity index (χ0) is 20.1. The molecule has 0 saturated carbocycles. The van der Waals surface area contributed by atoms with Gasteiger partial charge in [-0.25, -0.2) is 9.97 Å². The fraction of sp³-hybridized carbons (Fsp3) is 0.550. The van der Waals surface area contributed by atoms with Crippen molar-refractivity contribution in [3.05, 3.63) is 48.5 Å². The fourth-order valence-electron chi connectivity index (χ4n) is 4.12. The van der Waals surface area contributed by atoms with Crippen molar-refractivity contribution in [3.63, 3.8) is 0 Å². The molecule has 0 unspecified atom stereocenters. The van der Waals surface area contributed by atoms with Crippen LogP contribution < -0.4 is 10.2 Å². The van der Waals surface area contributed by atoms with Gasteiger partial charge in [0, 0.05) is 57.9 Å². The average Bonchev–Trinajstić information content (AvgIpc) is 3.10. The highest BCUT2D eigenvalue weighted by Gasteiger charge is 2.46. The van der Waals surface area contributed by atoms with E-state index in [0.717, 1.165) is 37.8 Å². The van der Waals surface area contributed by atoms with Crippen LogP contribution in [0.3, 0.4) is 0 Å². The largest absolute Gasteiger partial charge is 0.394 e. The first-order chi connectivity index (χ1) is 14.3. The molecule has 0 spiro atoms. The number of ether oxygens (including phenoxy) is 1. The van der Waals surface area contributed by atoms with E-state index in [1.54, 1.807) is 18.6 Å². The highest BCUT2D eigenvalue weighted by molar-refractivity contribution is 5.29. The maximum absolute atomic E-state index is 10.8. The van der Waals surface area contributed by atoms with E-state index in [1.165, 1.54) is 0 Å². The van der Waals surface area contributed by atoms with Crippen molar-refractivity contribution in [2.45, 2.75) is 30.9 Å². The molecule has 4 heterocycles. The van der Waals surface area contributed by atoms with Gasteiger partial charge >= 0.3 is 0 Å². The minimum absolute atomic E-state index is 0.165. The third-order valence-electron chi connectivity index (χ3n) is 5.59. The van der Waals surface area contributed by atoms with Gasteiger partial charge in [-0.1, -0.05) is 6.07 Å². The molecule has 2 aliphatic rings. The number of rotatable bonds is 7. The number of nitrogens with one attached hydrogen (secondary N) is 1. The third kappa shape index (κ3) is 4.71. The second-order valence-electron chi connectivity index (χ2n) is 7.40. The summed E-state index contributed by atoms with van der Waals surface area (Å²) in [6.45, 7) is 4.14. The van der Waals surface area contributed by atoms with Crippen LogP contribution in [0.5, 0.6) is 0 Å². The molecule has 3 N–H and O–H groups in total. The molecule has 9 heteroatoms. The number of piperazine rings is 1. The molecule has 29 heavy (non-hydrogen) atoms. The molecule has 2 aromatic rings. The van der Waals surface area contributed by atoms with Crippen LogP contribution in [0.15, 0.2) is 42.9 Å². The first-order valence-corrected chi connectivity index (χ1v) is 10.1. The number of anilines is 1. The molecule has 0 aliphatic carbocycles. The van der Waals surface area contributed by atoms with Crippen LogP contribution in [0.2, 0.25) is 0 Å². The molecule has 0 amide bonds. The summed E-state index contributed by atoms with van der Waals surface area (Å²) in [5.74, 6) is 0.734. The highest BCUT2D eigenvalue weighted by atomic mass is 16.5. The van der Waals surface area contributed by atoms with E-state index in [0.29, 0.717) is 13.1 Å². The van der Waals surface area contributed by atoms with Gasteiger partial charge in [0.05, 0.1) is 24.4 Å². The predicted molar refractivity (Wildman–Crippen MR) is 107 cm³/mol. The SMILES string of the molecule is OC[C@@H]1O[C@@H](CNCc2ccccn2)[C@H](N2CCN(c3ncccn3)CC2)[C@@H]1O. The van der Waals surface area contributed by atoms with Gasteiger partial charge in [0.15, 0.2) is 0 Å². The Kier molecular flexibility index (Phi) is 6.63. The van der Waals surface area contributed by atoms with Crippen molar-refractivity contribution in [1.29, 1.82) is 0 Å². The van der Waals surface area contributed by atoms with Gasteiger partial charge in [-0.05, 0) is 18.2 Å². The van der Waals surface area contributed by atoms with Gasteiger partial charge in [-0.2, -0.15) is 0 Å². The van der Waals surface area contributed by atoms with E-state index in [4.69, 9.17) is 4.74 Å². The first-order valence-electron chi connectivity index (χ1n) is 10.1. The molecule has 2 aromatic heterocycles. The number of hydrogen-bond donors (Lipinski definition) is 3. The summed E-state index contributed by atoms with van der Waals surface area (Å²) < 4.78 is 5.98. The molecule has 9 nitrogen and oxygen atoms in total. The van der Waals surface area contributed by atoms with Gasteiger partial charge in [0.1, 0.15) is 12.2 Å². The maximum Gasteiger partial charge on any atom is 0.225 e. The van der Waals surface area contributed by atoms with E-state index in [1.807, 2.05) is 24.3 Å². The molecule has 2 aliphatic heterocycles. The molecule has 2 saturated heterocycles. The van der Waals surface area contributed by atoms with Crippen LogP contribution in [-0.4, -0.2) is 93.7 Å². The Balaban J connectivity index is 1.36. The normalized spacial score (nSPS) is 28.0. The van der Waals surface area contributed by atoms with Crippen molar-refractivity contribution in [3.8, 4) is 0 Å². The third-order valence-corrected chi connectivity index (χ3v) is 5.59. The van der Waals surface area contributed by atoms with Gasteiger partial charge in [-0.3, -0.25) is 9.88 Å². The summed E-state index contributed by atoms with van der Waals surface area (Å²) in [5, 5.41) is 23.7. The highest BCUT2D eigenvalue weighted by Crippen LogP contribution is 2.27. The summed E-state index contributed by atoms with van der Waals surface area (Å²) in [4.78, 5) is 17.4. The molecule has 2 fully saturated rings. The molecule has 156 valence electrons. The van der Waals surface area contributed by atoms with Gasteiger partial charge < -0.3 is 25.2 Å². The number of nitrogens with zero attached hydrogens (tertiary/aromatic N) is 5. The van der Waals surface area contributed by atoms with Crippen molar-refractivity contribution >= 4 is 5.95 Å². The molecule has 4 rings (SSSR count). The number of aliphatic hydroxyl groups is 2. The Morgan fingerprint density at radius 2 is 1.76 bits per heavy atom. The van der Waals surface area contributed by atoms with E-state index in [2.05, 4.69) is 30.1 Å². The van der Waals surface area contributed by atoms with E-state index >= 15 is 0 Å². The summed E-state index contributed by atoms with van der Waals surface area (Å²) in [5.41, 5.74) is 0.956. The second kappa shape index (κ2) is 9.55. The first kappa shape index (κ1) is 20.1. The number of hydrogen-bond acceptors (Lipinski definition) is 9. The molecule has 4 atom stereocenters. The zero-order valence-electron chi connectivity index (χ0n) is 16.3. The van der Waals surface area contributed by atoms with Gasteiger partial charge in [0.2, 0.25) is 5.95 Å². The van der Waals surface area contributed by atoms with Crippen LogP contribution in [-0.2, 0) is 11.3 Å². The lowest BCUT2D eigenvalue weighted by Gasteiger charge is -2.40. The number of aliphatic hydroxyl groups excluding tert-OH is 2. The smallest absolute Gasteiger partial charge is 0.225 e. The van der Waals surface area contributed by atoms with E-state index in [-0.39, 0.29) is 18.8 Å². The lowest BCUT2D eigenvalue weighted by Crippen LogP contribution is -2.57. The van der Waals surface area contributed by atoms with Crippen LogP contribution >= 0.6 is 0 Å². The second-order valence-corrected chi connectivity index (χ2v) is 7.40. The summed E-state index contributed by atoms with van der Waals surface area (Å²) in [6, 6.07) is 7.46. The standard InChI is InChI=1S/C20H28N6O3/c27-14-17-19(28)18(16(29-17)13-21-12-15-4-1-2-5-22-15)25-8-10-26(11-9-25)20-23-6-3-7-24-20/h1-7,16-19,21,27-28H,8-14H2/t16-,17-,18-,19+/m0/s1. The molecular formula is C20H28N6O3. The summed E-state index contributed by atoms with van der Waals surface area (Å²) in [7, 11) is 0. The Morgan fingerprint density at radius 3 is 2.45 bits per heavy atom. The lowest BCUT2D eigenvalue weighted by atomic mass is 10.0. The predicted octanol–water partition coefficient (Wildman–Crippen LogP) is -0.727. The number of aromatic nitrogens is 3. The number of pyridine rings is 1. The maximum atomic E-state index is 10.8. The summed E-state index contributed by atoms with van der Waals surface area (Å²) in [6.07, 6.45) is 3.79. The van der Waals surface area contributed by atoms with Crippen molar-refractivity contribution in [1.82, 2.24) is 25.2 Å². The quantitative estimate of drug-likeness (QED) is 0.555.